The van der Waals surface area contributed by atoms with Crippen LogP contribution in [0.3, 0.4) is 0 Å². The van der Waals surface area contributed by atoms with Crippen molar-refractivity contribution in [1.29, 1.82) is 0 Å². The molecule has 0 saturated carbocycles. The summed E-state index contributed by atoms with van der Waals surface area (Å²) in [5.74, 6) is 0.557. The first kappa shape index (κ1) is 14.5. The summed E-state index contributed by atoms with van der Waals surface area (Å²) in [6.07, 6.45) is 3.00. The Balaban J connectivity index is 2.12. The highest BCUT2D eigenvalue weighted by molar-refractivity contribution is 5.94. The van der Waals surface area contributed by atoms with Gasteiger partial charge in [0.15, 0.2) is 0 Å². The molecule has 1 fully saturated rings. The van der Waals surface area contributed by atoms with E-state index in [-0.39, 0.29) is 24.4 Å². The molecule has 1 atom stereocenters. The molecule has 2 heterocycles. The molecule has 2 rings (SSSR count). The Morgan fingerprint density at radius 3 is 2.85 bits per heavy atom. The van der Waals surface area contributed by atoms with Crippen LogP contribution < -0.4 is 5.32 Å². The summed E-state index contributed by atoms with van der Waals surface area (Å²) in [7, 11) is 0. The highest BCUT2D eigenvalue weighted by atomic mass is 16.2. The van der Waals surface area contributed by atoms with Gasteiger partial charge >= 0.3 is 0 Å². The number of hydrogen-bond acceptors (Lipinski definition) is 4. The lowest BCUT2D eigenvalue weighted by molar-refractivity contribution is -0.145. The molecule has 0 radical (unpaired) electrons. The summed E-state index contributed by atoms with van der Waals surface area (Å²) in [5, 5.41) is 6.89. The molecular weight excluding hydrogens is 258 g/mol. The lowest BCUT2D eigenvalue weighted by Crippen LogP contribution is -2.57. The summed E-state index contributed by atoms with van der Waals surface area (Å²) >= 11 is 0. The van der Waals surface area contributed by atoms with E-state index in [1.807, 2.05) is 20.8 Å². The van der Waals surface area contributed by atoms with Crippen LogP contribution in [0.25, 0.3) is 0 Å². The summed E-state index contributed by atoms with van der Waals surface area (Å²) in [6.45, 7) is 6.41. The predicted octanol–water partition coefficient (Wildman–Crippen LogP) is 0.486. The Labute approximate surface area is 118 Å². The maximum absolute atomic E-state index is 12.3. The van der Waals surface area contributed by atoms with Gasteiger partial charge in [-0.05, 0) is 20.3 Å². The molecular formula is C13H21N5O2. The molecule has 110 valence electrons. The van der Waals surface area contributed by atoms with Crippen molar-refractivity contribution in [2.75, 3.05) is 6.54 Å². The molecule has 1 unspecified atom stereocenters. The number of piperazine rings is 1. The molecule has 1 aromatic rings. The first-order chi connectivity index (χ1) is 9.52. The van der Waals surface area contributed by atoms with Gasteiger partial charge in [0.1, 0.15) is 24.7 Å². The fraction of sp³-hybridized carbons (Fsp3) is 0.692. The predicted molar refractivity (Wildman–Crippen MR) is 72.7 cm³/mol. The summed E-state index contributed by atoms with van der Waals surface area (Å²) in [5.41, 5.74) is 0. The standard InChI is InChI=1S/C13H21N5O2/c1-4-5-10-13(20)17(7-12(19)16-10)6-11-14-8-15-18(11)9(2)3/h8-10H,4-7H2,1-3H3,(H,16,19). The van der Waals surface area contributed by atoms with Gasteiger partial charge in [-0.25, -0.2) is 9.67 Å². The zero-order valence-electron chi connectivity index (χ0n) is 12.2. The SMILES string of the molecule is CCCC1NC(=O)CN(Cc2ncnn2C(C)C)C1=O. The van der Waals surface area contributed by atoms with Crippen LogP contribution in [-0.2, 0) is 16.1 Å². The number of nitrogens with one attached hydrogen (secondary N) is 1. The van der Waals surface area contributed by atoms with Gasteiger partial charge in [-0.15, -0.1) is 0 Å². The zero-order chi connectivity index (χ0) is 14.7. The van der Waals surface area contributed by atoms with Crippen molar-refractivity contribution in [1.82, 2.24) is 25.0 Å². The Morgan fingerprint density at radius 2 is 2.20 bits per heavy atom. The molecule has 0 spiro atoms. The van der Waals surface area contributed by atoms with Crippen molar-refractivity contribution in [3.63, 3.8) is 0 Å². The Morgan fingerprint density at radius 1 is 1.45 bits per heavy atom. The minimum Gasteiger partial charge on any atom is -0.343 e. The molecule has 1 N–H and O–H groups in total. The van der Waals surface area contributed by atoms with E-state index < -0.39 is 6.04 Å². The Kier molecular flexibility index (Phi) is 4.36. The molecule has 1 aromatic heterocycles. The van der Waals surface area contributed by atoms with Crippen molar-refractivity contribution >= 4 is 11.8 Å². The third-order valence-electron chi connectivity index (χ3n) is 3.33. The molecule has 2 amide bonds. The average molecular weight is 279 g/mol. The van der Waals surface area contributed by atoms with Crippen LogP contribution in [0.5, 0.6) is 0 Å². The number of carbonyl (C=O) groups excluding carboxylic acids is 2. The monoisotopic (exact) mass is 279 g/mol. The summed E-state index contributed by atoms with van der Waals surface area (Å²) < 4.78 is 1.77. The maximum atomic E-state index is 12.3. The Hall–Kier alpha value is -1.92. The van der Waals surface area contributed by atoms with Crippen LogP contribution in [-0.4, -0.2) is 44.1 Å². The van der Waals surface area contributed by atoms with Gasteiger partial charge in [0.2, 0.25) is 11.8 Å². The van der Waals surface area contributed by atoms with Crippen LogP contribution >= 0.6 is 0 Å². The lowest BCUT2D eigenvalue weighted by Gasteiger charge is -2.32. The van der Waals surface area contributed by atoms with E-state index >= 15 is 0 Å². The van der Waals surface area contributed by atoms with Crippen LogP contribution in [0.2, 0.25) is 0 Å². The van der Waals surface area contributed by atoms with E-state index in [0.29, 0.717) is 18.8 Å². The minimum absolute atomic E-state index is 0.0373. The number of hydrogen-bond donors (Lipinski definition) is 1. The van der Waals surface area contributed by atoms with Gasteiger partial charge in [0, 0.05) is 6.04 Å². The zero-order valence-corrected chi connectivity index (χ0v) is 12.2. The molecule has 0 aliphatic carbocycles. The van der Waals surface area contributed by atoms with Crippen molar-refractivity contribution in [2.45, 2.75) is 52.2 Å². The van der Waals surface area contributed by atoms with Gasteiger partial charge in [-0.1, -0.05) is 13.3 Å². The number of aromatic nitrogens is 3. The van der Waals surface area contributed by atoms with Gasteiger partial charge in [-0.2, -0.15) is 5.10 Å². The second kappa shape index (κ2) is 6.02. The highest BCUT2D eigenvalue weighted by Gasteiger charge is 2.32. The highest BCUT2D eigenvalue weighted by Crippen LogP contribution is 2.13. The van der Waals surface area contributed by atoms with Crippen LogP contribution in [0.1, 0.15) is 45.5 Å². The number of rotatable bonds is 5. The van der Waals surface area contributed by atoms with Gasteiger partial charge in [0.25, 0.3) is 0 Å². The number of carbonyl (C=O) groups is 2. The van der Waals surface area contributed by atoms with Crippen molar-refractivity contribution in [2.24, 2.45) is 0 Å². The van der Waals surface area contributed by atoms with Crippen LogP contribution in [0.15, 0.2) is 6.33 Å². The molecule has 0 bridgehead atoms. The first-order valence-corrected chi connectivity index (χ1v) is 6.99. The van der Waals surface area contributed by atoms with E-state index in [0.717, 1.165) is 6.42 Å². The normalized spacial score (nSPS) is 19.6. The van der Waals surface area contributed by atoms with E-state index in [2.05, 4.69) is 15.4 Å². The molecule has 7 nitrogen and oxygen atoms in total. The molecule has 7 heteroatoms. The molecule has 0 aromatic carbocycles. The fourth-order valence-electron chi connectivity index (χ4n) is 2.38. The van der Waals surface area contributed by atoms with Gasteiger partial charge in [-0.3, -0.25) is 9.59 Å². The first-order valence-electron chi connectivity index (χ1n) is 6.99. The van der Waals surface area contributed by atoms with E-state index in [9.17, 15) is 9.59 Å². The summed E-state index contributed by atoms with van der Waals surface area (Å²) in [6, 6.07) is -0.232. The minimum atomic E-state index is -0.406. The number of nitrogens with zero attached hydrogens (tertiary/aromatic N) is 4. The third-order valence-corrected chi connectivity index (χ3v) is 3.33. The summed E-state index contributed by atoms with van der Waals surface area (Å²) in [4.78, 5) is 29.8. The number of amides is 2. The Bertz CT molecular complexity index is 497. The smallest absolute Gasteiger partial charge is 0.246 e. The van der Waals surface area contributed by atoms with E-state index in [4.69, 9.17) is 0 Å². The van der Waals surface area contributed by atoms with Crippen molar-refractivity contribution in [3.8, 4) is 0 Å². The molecule has 20 heavy (non-hydrogen) atoms. The fourth-order valence-corrected chi connectivity index (χ4v) is 2.38. The van der Waals surface area contributed by atoms with Gasteiger partial charge < -0.3 is 10.2 Å². The maximum Gasteiger partial charge on any atom is 0.246 e. The van der Waals surface area contributed by atoms with Gasteiger partial charge in [0.05, 0.1) is 6.54 Å². The van der Waals surface area contributed by atoms with Crippen molar-refractivity contribution < 1.29 is 9.59 Å². The quantitative estimate of drug-likeness (QED) is 0.850. The van der Waals surface area contributed by atoms with Crippen LogP contribution in [0.4, 0.5) is 0 Å². The van der Waals surface area contributed by atoms with E-state index in [1.54, 1.807) is 9.58 Å². The molecule has 1 aliphatic rings. The molecule has 1 aliphatic heterocycles. The molecule has 1 saturated heterocycles. The largest absolute Gasteiger partial charge is 0.343 e. The van der Waals surface area contributed by atoms with E-state index in [1.165, 1.54) is 6.33 Å². The second-order valence-corrected chi connectivity index (χ2v) is 5.32. The third kappa shape index (κ3) is 2.97. The average Bonchev–Trinajstić information content (AvgIpc) is 2.83. The second-order valence-electron chi connectivity index (χ2n) is 5.32. The lowest BCUT2D eigenvalue weighted by atomic mass is 10.1. The topological polar surface area (TPSA) is 80.1 Å². The van der Waals surface area contributed by atoms with Crippen LogP contribution in [0, 0.1) is 0 Å². The van der Waals surface area contributed by atoms with Crippen molar-refractivity contribution in [3.05, 3.63) is 12.2 Å².